The largest absolute Gasteiger partial charge is 0.481 e. The maximum Gasteiger partial charge on any atom is 0.303 e. The van der Waals surface area contributed by atoms with Gasteiger partial charge in [-0.1, -0.05) is 86.3 Å². The van der Waals surface area contributed by atoms with Crippen LogP contribution in [0.15, 0.2) is 72.9 Å². The highest BCUT2D eigenvalue weighted by atomic mass is 16.4. The number of carbonyl (C=O) groups excluding carboxylic acids is 1. The molecule has 2 N–H and O–H groups in total. The lowest BCUT2D eigenvalue weighted by atomic mass is 10.2. The van der Waals surface area contributed by atoms with Gasteiger partial charge in [0.1, 0.15) is 0 Å². The van der Waals surface area contributed by atoms with Crippen LogP contribution in [0, 0.1) is 0 Å². The average Bonchev–Trinajstić information content (AvgIpc) is 2.77. The molecule has 0 aliphatic rings. The molecule has 0 aromatic rings. The van der Waals surface area contributed by atoms with E-state index in [1.165, 1.54) is 0 Å². The topological polar surface area (TPSA) is 66.4 Å². The molecule has 4 heteroatoms. The number of rotatable bonds is 20. The van der Waals surface area contributed by atoms with Crippen molar-refractivity contribution in [1.29, 1.82) is 0 Å². The van der Waals surface area contributed by atoms with E-state index in [4.69, 9.17) is 5.11 Å². The molecule has 0 saturated carbocycles. The summed E-state index contributed by atoms with van der Waals surface area (Å²) in [5.74, 6) is -0.701. The Kier molecular flexibility index (Phi) is 22.6. The van der Waals surface area contributed by atoms with Gasteiger partial charge in [-0.3, -0.25) is 9.59 Å². The third kappa shape index (κ3) is 25.4. The highest BCUT2D eigenvalue weighted by Gasteiger charge is 1.99. The summed E-state index contributed by atoms with van der Waals surface area (Å²) < 4.78 is 0. The molecule has 0 aliphatic carbocycles. The molecule has 4 nitrogen and oxygen atoms in total. The Hall–Kier alpha value is -2.62. The van der Waals surface area contributed by atoms with E-state index in [9.17, 15) is 9.59 Å². The molecule has 0 spiro atoms. The first kappa shape index (κ1) is 29.4. The van der Waals surface area contributed by atoms with Gasteiger partial charge in [-0.15, -0.1) is 0 Å². The highest BCUT2D eigenvalue weighted by molar-refractivity contribution is 5.75. The predicted octanol–water partition coefficient (Wildman–Crippen LogP) is 7.23. The van der Waals surface area contributed by atoms with Crippen LogP contribution in [-0.2, 0) is 9.59 Å². The normalized spacial score (nSPS) is 12.5. The number of unbranched alkanes of at least 4 members (excludes halogenated alkanes) is 2. The zero-order valence-corrected chi connectivity index (χ0v) is 19.9. The first-order valence-electron chi connectivity index (χ1n) is 12.0. The summed E-state index contributed by atoms with van der Waals surface area (Å²) in [6, 6.07) is 0. The van der Waals surface area contributed by atoms with Gasteiger partial charge in [0, 0.05) is 19.4 Å². The van der Waals surface area contributed by atoms with Crippen molar-refractivity contribution >= 4 is 11.9 Å². The summed E-state index contributed by atoms with van der Waals surface area (Å²) in [6.07, 6.45) is 35.7. The van der Waals surface area contributed by atoms with Crippen LogP contribution < -0.4 is 5.32 Å². The summed E-state index contributed by atoms with van der Waals surface area (Å²) in [6.45, 7) is 2.78. The standard InChI is InChI=1S/C28H43NO3/c1-2-3-4-5-6-7-8-9-10-11-12-13-14-15-16-17-18-19-21-24-27(30)29-26-23-20-22-25-28(31)32/h3-4,6-7,9-10,12-13,15-16,18-19H,2,5,8,11,14,17,20-26H2,1H3,(H,29,30)(H,31,32)/b4-3-,7-6-,10-9-,13-12-,16-15-,19-18-. The van der Waals surface area contributed by atoms with Crippen LogP contribution in [0.25, 0.3) is 0 Å². The number of carboxylic acid groups (broad SMARTS) is 1. The Morgan fingerprint density at radius 3 is 1.56 bits per heavy atom. The second kappa shape index (κ2) is 24.6. The van der Waals surface area contributed by atoms with Crippen LogP contribution in [0.5, 0.6) is 0 Å². The van der Waals surface area contributed by atoms with Crippen molar-refractivity contribution in [2.24, 2.45) is 0 Å². The highest BCUT2D eigenvalue weighted by Crippen LogP contribution is 2.00. The number of nitrogens with one attached hydrogen (secondary N) is 1. The van der Waals surface area contributed by atoms with E-state index >= 15 is 0 Å². The van der Waals surface area contributed by atoms with Crippen LogP contribution in [0.1, 0.15) is 84.0 Å². The SMILES string of the molecule is CC/C=C\C/C=C\C/C=C\C/C=C\C/C=C\C/C=C\CCC(=O)NCCCCCC(=O)O. The van der Waals surface area contributed by atoms with Crippen molar-refractivity contribution in [2.45, 2.75) is 84.0 Å². The maximum absolute atomic E-state index is 11.7. The van der Waals surface area contributed by atoms with Gasteiger partial charge in [0.15, 0.2) is 0 Å². The molecule has 178 valence electrons. The molecular weight excluding hydrogens is 398 g/mol. The summed E-state index contributed by atoms with van der Waals surface area (Å²) >= 11 is 0. The molecule has 0 heterocycles. The lowest BCUT2D eigenvalue weighted by Crippen LogP contribution is -2.23. The fraction of sp³-hybridized carbons (Fsp3) is 0.500. The van der Waals surface area contributed by atoms with Crippen molar-refractivity contribution in [3.8, 4) is 0 Å². The average molecular weight is 442 g/mol. The zero-order chi connectivity index (χ0) is 23.5. The second-order valence-electron chi connectivity index (χ2n) is 7.51. The Morgan fingerprint density at radius 1 is 0.625 bits per heavy atom. The number of amides is 1. The van der Waals surface area contributed by atoms with Crippen LogP contribution >= 0.6 is 0 Å². The van der Waals surface area contributed by atoms with Gasteiger partial charge in [0.25, 0.3) is 0 Å². The van der Waals surface area contributed by atoms with Crippen molar-refractivity contribution in [2.75, 3.05) is 6.54 Å². The van der Waals surface area contributed by atoms with Crippen molar-refractivity contribution in [3.05, 3.63) is 72.9 Å². The molecule has 32 heavy (non-hydrogen) atoms. The van der Waals surface area contributed by atoms with Gasteiger partial charge in [-0.2, -0.15) is 0 Å². The Morgan fingerprint density at radius 2 is 1.09 bits per heavy atom. The molecule has 0 aromatic carbocycles. The van der Waals surface area contributed by atoms with E-state index in [1.54, 1.807) is 0 Å². The predicted molar refractivity (Wildman–Crippen MR) is 137 cm³/mol. The molecule has 0 fully saturated rings. The van der Waals surface area contributed by atoms with Crippen molar-refractivity contribution in [3.63, 3.8) is 0 Å². The monoisotopic (exact) mass is 441 g/mol. The Balaban J connectivity index is 3.54. The lowest BCUT2D eigenvalue weighted by Gasteiger charge is -2.03. The number of aliphatic carboxylic acids is 1. The van der Waals surface area contributed by atoms with E-state index in [0.29, 0.717) is 19.4 Å². The molecule has 0 radical (unpaired) electrons. The summed E-state index contributed by atoms with van der Waals surface area (Å²) in [7, 11) is 0. The van der Waals surface area contributed by atoms with Crippen LogP contribution in [-0.4, -0.2) is 23.5 Å². The third-order valence-electron chi connectivity index (χ3n) is 4.52. The minimum absolute atomic E-state index is 0.0581. The molecule has 1 amide bonds. The molecule has 0 aliphatic heterocycles. The van der Waals surface area contributed by atoms with Gasteiger partial charge in [-0.25, -0.2) is 0 Å². The fourth-order valence-corrected chi connectivity index (χ4v) is 2.75. The van der Waals surface area contributed by atoms with E-state index < -0.39 is 5.97 Å². The number of carboxylic acids is 1. The molecule has 0 bridgehead atoms. The van der Waals surface area contributed by atoms with Gasteiger partial charge in [-0.05, 0) is 57.8 Å². The number of hydrogen-bond donors (Lipinski definition) is 2. The summed E-state index contributed by atoms with van der Waals surface area (Å²) in [4.78, 5) is 22.1. The lowest BCUT2D eigenvalue weighted by molar-refractivity contribution is -0.137. The van der Waals surface area contributed by atoms with E-state index in [1.807, 2.05) is 6.08 Å². The minimum atomic E-state index is -0.759. The quantitative estimate of drug-likeness (QED) is 0.155. The Labute approximate surface area is 195 Å². The molecular formula is C28H43NO3. The van der Waals surface area contributed by atoms with Gasteiger partial charge in [0.2, 0.25) is 5.91 Å². The van der Waals surface area contributed by atoms with E-state index in [2.05, 4.69) is 79.1 Å². The first-order chi connectivity index (χ1) is 15.7. The van der Waals surface area contributed by atoms with Gasteiger partial charge in [0.05, 0.1) is 0 Å². The number of hydrogen-bond acceptors (Lipinski definition) is 2. The zero-order valence-electron chi connectivity index (χ0n) is 19.9. The van der Waals surface area contributed by atoms with Crippen molar-refractivity contribution in [1.82, 2.24) is 5.32 Å². The minimum Gasteiger partial charge on any atom is -0.481 e. The molecule has 0 atom stereocenters. The maximum atomic E-state index is 11.7. The van der Waals surface area contributed by atoms with Gasteiger partial charge >= 0.3 is 5.97 Å². The first-order valence-corrected chi connectivity index (χ1v) is 12.0. The van der Waals surface area contributed by atoms with Gasteiger partial charge < -0.3 is 10.4 Å². The van der Waals surface area contributed by atoms with Crippen molar-refractivity contribution < 1.29 is 14.7 Å². The molecule has 0 unspecified atom stereocenters. The van der Waals surface area contributed by atoms with E-state index in [0.717, 1.165) is 57.8 Å². The van der Waals surface area contributed by atoms with Crippen LogP contribution in [0.4, 0.5) is 0 Å². The smallest absolute Gasteiger partial charge is 0.303 e. The Bertz CT molecular complexity index is 639. The molecule has 0 saturated heterocycles. The molecule has 0 aromatic heterocycles. The fourth-order valence-electron chi connectivity index (χ4n) is 2.75. The second-order valence-corrected chi connectivity index (χ2v) is 7.51. The summed E-state index contributed by atoms with van der Waals surface area (Å²) in [5.41, 5.74) is 0. The number of allylic oxidation sites excluding steroid dienone is 12. The summed E-state index contributed by atoms with van der Waals surface area (Å²) in [5, 5.41) is 11.4. The number of carbonyl (C=O) groups is 2. The third-order valence-corrected chi connectivity index (χ3v) is 4.52. The van der Waals surface area contributed by atoms with Crippen LogP contribution in [0.2, 0.25) is 0 Å². The van der Waals surface area contributed by atoms with E-state index in [-0.39, 0.29) is 12.3 Å². The molecule has 0 rings (SSSR count). The van der Waals surface area contributed by atoms with Crippen LogP contribution in [0.3, 0.4) is 0 Å².